The first-order valence-electron chi connectivity index (χ1n) is 10.5. The first kappa shape index (κ1) is 24.9. The third-order valence-electron chi connectivity index (χ3n) is 6.65. The van der Waals surface area contributed by atoms with Crippen molar-refractivity contribution < 1.29 is 18.7 Å². The number of nitrogens with zero attached hydrogens (tertiary/aromatic N) is 1. The Hall–Kier alpha value is -2.22. The fourth-order valence-corrected chi connectivity index (χ4v) is 5.53. The summed E-state index contributed by atoms with van der Waals surface area (Å²) in [6.07, 6.45) is 0. The van der Waals surface area contributed by atoms with E-state index < -0.39 is 41.1 Å². The molecule has 4 rings (SSSR count). The lowest BCUT2D eigenvalue weighted by atomic mass is 9.71. The lowest BCUT2D eigenvalue weighted by molar-refractivity contribution is -0.143. The van der Waals surface area contributed by atoms with Gasteiger partial charge in [0.15, 0.2) is 0 Å². The van der Waals surface area contributed by atoms with Gasteiger partial charge in [-0.3, -0.25) is 9.69 Å². The van der Waals surface area contributed by atoms with E-state index in [2.05, 4.69) is 0 Å². The van der Waals surface area contributed by atoms with Crippen LogP contribution in [0.5, 0.6) is 0 Å². The third kappa shape index (κ3) is 4.08. The van der Waals surface area contributed by atoms with E-state index in [9.17, 15) is 9.90 Å². The molecule has 1 fully saturated rings. The minimum absolute atomic E-state index is 0.00902. The Bertz CT molecular complexity index is 1260. The number of halogens is 5. The highest BCUT2D eigenvalue weighted by atomic mass is 35.5. The SMILES string of the molecule is CC1N(Cc2ccccc2Cl)C(C(=O)O)C(c2cccc(Cl)c2F)C1(N)c1ccc(Cl)cc1F. The second-order valence-electron chi connectivity index (χ2n) is 8.40. The Balaban J connectivity index is 1.97. The molecular weight excluding hydrogens is 505 g/mol. The van der Waals surface area contributed by atoms with Crippen molar-refractivity contribution in [2.75, 3.05) is 0 Å². The molecule has 4 nitrogen and oxygen atoms in total. The van der Waals surface area contributed by atoms with Gasteiger partial charge in [0.2, 0.25) is 0 Å². The van der Waals surface area contributed by atoms with E-state index in [1.54, 1.807) is 36.1 Å². The highest BCUT2D eigenvalue weighted by Gasteiger charge is 2.60. The number of carbonyl (C=O) groups is 1. The maximum atomic E-state index is 15.3. The monoisotopic (exact) mass is 524 g/mol. The van der Waals surface area contributed by atoms with Gasteiger partial charge in [-0.2, -0.15) is 0 Å². The van der Waals surface area contributed by atoms with Crippen molar-refractivity contribution >= 4 is 40.8 Å². The lowest BCUT2D eigenvalue weighted by Gasteiger charge is -2.37. The fourth-order valence-electron chi connectivity index (χ4n) is 4.99. The van der Waals surface area contributed by atoms with Crippen molar-refractivity contribution in [1.29, 1.82) is 0 Å². The molecule has 0 amide bonds. The Kier molecular flexibility index (Phi) is 6.91. The summed E-state index contributed by atoms with van der Waals surface area (Å²) < 4.78 is 30.6. The smallest absolute Gasteiger partial charge is 0.321 e. The van der Waals surface area contributed by atoms with Gasteiger partial charge in [-0.15, -0.1) is 0 Å². The van der Waals surface area contributed by atoms with Crippen LogP contribution in [0.3, 0.4) is 0 Å². The number of hydrogen-bond acceptors (Lipinski definition) is 3. The van der Waals surface area contributed by atoms with Gasteiger partial charge in [0.05, 0.1) is 10.6 Å². The zero-order valence-electron chi connectivity index (χ0n) is 18.0. The lowest BCUT2D eigenvalue weighted by Crippen LogP contribution is -2.50. The Morgan fingerprint density at radius 2 is 1.74 bits per heavy atom. The fraction of sp³-hybridized carbons (Fsp3) is 0.240. The molecule has 0 saturated carbocycles. The number of aliphatic carboxylic acids is 1. The van der Waals surface area contributed by atoms with Crippen LogP contribution in [-0.2, 0) is 16.9 Å². The highest BCUT2D eigenvalue weighted by Crippen LogP contribution is 2.52. The average molecular weight is 526 g/mol. The van der Waals surface area contributed by atoms with Crippen LogP contribution >= 0.6 is 34.8 Å². The van der Waals surface area contributed by atoms with Crippen LogP contribution in [0.1, 0.15) is 29.5 Å². The third-order valence-corrected chi connectivity index (χ3v) is 7.55. The van der Waals surface area contributed by atoms with E-state index in [1.807, 2.05) is 0 Å². The number of rotatable bonds is 5. The van der Waals surface area contributed by atoms with Gasteiger partial charge in [0, 0.05) is 34.1 Å². The van der Waals surface area contributed by atoms with Crippen LogP contribution in [0.25, 0.3) is 0 Å². The first-order chi connectivity index (χ1) is 16.1. The molecule has 0 radical (unpaired) electrons. The van der Waals surface area contributed by atoms with Crippen LogP contribution in [0.15, 0.2) is 60.7 Å². The molecule has 0 aliphatic carbocycles. The molecule has 3 aromatic carbocycles. The Morgan fingerprint density at radius 3 is 2.38 bits per heavy atom. The molecule has 34 heavy (non-hydrogen) atoms. The summed E-state index contributed by atoms with van der Waals surface area (Å²) in [7, 11) is 0. The summed E-state index contributed by atoms with van der Waals surface area (Å²) in [5.41, 5.74) is 5.98. The zero-order chi connectivity index (χ0) is 24.8. The van der Waals surface area contributed by atoms with Crippen LogP contribution in [-0.4, -0.2) is 28.1 Å². The number of carboxylic acids is 1. The van der Waals surface area contributed by atoms with Gasteiger partial charge in [-0.1, -0.05) is 71.2 Å². The molecule has 1 saturated heterocycles. The van der Waals surface area contributed by atoms with E-state index in [0.29, 0.717) is 10.6 Å². The molecule has 1 aliphatic rings. The largest absolute Gasteiger partial charge is 0.480 e. The van der Waals surface area contributed by atoms with Crippen LogP contribution in [0.2, 0.25) is 15.1 Å². The highest BCUT2D eigenvalue weighted by molar-refractivity contribution is 6.31. The van der Waals surface area contributed by atoms with Gasteiger partial charge in [0.25, 0.3) is 0 Å². The predicted octanol–water partition coefficient (Wildman–Crippen LogP) is 6.22. The number of benzene rings is 3. The van der Waals surface area contributed by atoms with Crippen LogP contribution in [0.4, 0.5) is 8.78 Å². The minimum atomic E-state index is -1.65. The van der Waals surface area contributed by atoms with Gasteiger partial charge < -0.3 is 10.8 Å². The van der Waals surface area contributed by atoms with Crippen molar-refractivity contribution in [2.24, 2.45) is 5.73 Å². The van der Waals surface area contributed by atoms with Crippen molar-refractivity contribution in [3.05, 3.63) is 104 Å². The molecule has 178 valence electrons. The van der Waals surface area contributed by atoms with E-state index in [1.165, 1.54) is 30.3 Å². The second kappa shape index (κ2) is 9.44. The van der Waals surface area contributed by atoms with Gasteiger partial charge >= 0.3 is 5.97 Å². The Labute approximate surface area is 210 Å². The second-order valence-corrected chi connectivity index (χ2v) is 9.65. The maximum Gasteiger partial charge on any atom is 0.321 e. The summed E-state index contributed by atoms with van der Waals surface area (Å²) in [5.74, 6) is -3.92. The van der Waals surface area contributed by atoms with Gasteiger partial charge in [-0.05, 0) is 42.3 Å². The zero-order valence-corrected chi connectivity index (χ0v) is 20.3. The van der Waals surface area contributed by atoms with Crippen LogP contribution in [0, 0.1) is 11.6 Å². The molecule has 3 N–H and O–H groups in total. The molecule has 4 atom stereocenters. The number of nitrogens with two attached hydrogens (primary N) is 1. The standard InChI is InChI=1S/C25H21Cl3F2N2O2/c1-13-25(31,17-10-9-15(26)11-20(17)29)21(16-6-4-8-19(28)22(16)30)23(24(33)34)32(13)12-14-5-2-3-7-18(14)27/h2-11,13,21,23H,12,31H2,1H3,(H,33,34). The van der Waals surface area contributed by atoms with Gasteiger partial charge in [0.1, 0.15) is 17.7 Å². The van der Waals surface area contributed by atoms with Crippen molar-refractivity contribution in [3.8, 4) is 0 Å². The summed E-state index contributed by atoms with van der Waals surface area (Å²) in [6, 6.07) is 13.2. The summed E-state index contributed by atoms with van der Waals surface area (Å²) in [6.45, 7) is 1.80. The molecule has 1 heterocycles. The first-order valence-corrected chi connectivity index (χ1v) is 11.6. The molecule has 0 spiro atoms. The molecular formula is C25H21Cl3F2N2O2. The molecule has 9 heteroatoms. The van der Waals surface area contributed by atoms with E-state index in [-0.39, 0.29) is 27.7 Å². The van der Waals surface area contributed by atoms with Gasteiger partial charge in [-0.25, -0.2) is 8.78 Å². The predicted molar refractivity (Wildman–Crippen MR) is 129 cm³/mol. The summed E-state index contributed by atoms with van der Waals surface area (Å²) >= 11 is 18.4. The van der Waals surface area contributed by atoms with E-state index >= 15 is 8.78 Å². The maximum absolute atomic E-state index is 15.3. The van der Waals surface area contributed by atoms with Crippen LogP contribution < -0.4 is 5.73 Å². The molecule has 0 bridgehead atoms. The number of carboxylic acid groups (broad SMARTS) is 1. The normalized spacial score (nSPS) is 25.0. The molecule has 1 aliphatic heterocycles. The van der Waals surface area contributed by atoms with E-state index in [0.717, 1.165) is 6.07 Å². The minimum Gasteiger partial charge on any atom is -0.480 e. The topological polar surface area (TPSA) is 66.6 Å². The molecule has 4 unspecified atom stereocenters. The van der Waals surface area contributed by atoms with E-state index in [4.69, 9.17) is 40.5 Å². The van der Waals surface area contributed by atoms with Crippen molar-refractivity contribution in [2.45, 2.75) is 37.0 Å². The molecule has 0 aromatic heterocycles. The van der Waals surface area contributed by atoms with Crippen molar-refractivity contribution in [1.82, 2.24) is 4.90 Å². The molecule has 3 aromatic rings. The quantitative estimate of drug-likeness (QED) is 0.415. The summed E-state index contributed by atoms with van der Waals surface area (Å²) in [5, 5.41) is 10.7. The average Bonchev–Trinajstić information content (AvgIpc) is 2.99. The summed E-state index contributed by atoms with van der Waals surface area (Å²) in [4.78, 5) is 14.3. The number of likely N-dealkylation sites (tertiary alicyclic amines) is 1. The van der Waals surface area contributed by atoms with Crippen molar-refractivity contribution in [3.63, 3.8) is 0 Å². The number of hydrogen-bond donors (Lipinski definition) is 2. The Morgan fingerprint density at radius 1 is 1.06 bits per heavy atom.